The van der Waals surface area contributed by atoms with Gasteiger partial charge in [0.2, 0.25) is 11.8 Å². The third kappa shape index (κ3) is 3.24. The summed E-state index contributed by atoms with van der Waals surface area (Å²) in [6, 6.07) is 0.231. The largest absolute Gasteiger partial charge is 0.424 e. The number of aromatic nitrogens is 3. The van der Waals surface area contributed by atoms with Crippen molar-refractivity contribution in [2.45, 2.75) is 53.1 Å². The van der Waals surface area contributed by atoms with Gasteiger partial charge in [0.1, 0.15) is 0 Å². The molecule has 2 aromatic rings. The van der Waals surface area contributed by atoms with Crippen LogP contribution in [0.3, 0.4) is 0 Å². The van der Waals surface area contributed by atoms with Crippen LogP contribution in [0, 0.1) is 13.8 Å². The van der Waals surface area contributed by atoms with E-state index in [1.165, 1.54) is 4.88 Å². The summed E-state index contributed by atoms with van der Waals surface area (Å²) in [5.74, 6) is 1.62. The second-order valence-corrected chi connectivity index (χ2v) is 6.86. The van der Waals surface area contributed by atoms with Gasteiger partial charge < -0.3 is 4.42 Å². The molecule has 0 N–H and O–H groups in total. The van der Waals surface area contributed by atoms with E-state index in [1.54, 1.807) is 11.3 Å². The molecule has 0 aliphatic rings. The van der Waals surface area contributed by atoms with Crippen LogP contribution in [0.1, 0.15) is 60.1 Å². The maximum atomic E-state index is 5.66. The predicted molar refractivity (Wildman–Crippen MR) is 79.9 cm³/mol. The van der Waals surface area contributed by atoms with Gasteiger partial charge in [0.25, 0.3) is 0 Å². The lowest BCUT2D eigenvalue weighted by Gasteiger charge is -2.22. The normalized spacial score (nSPS) is 13.4. The molecule has 0 aliphatic carbocycles. The van der Waals surface area contributed by atoms with Crippen LogP contribution in [0.2, 0.25) is 0 Å². The van der Waals surface area contributed by atoms with Crippen LogP contribution in [0.15, 0.2) is 4.42 Å². The smallest absolute Gasteiger partial charge is 0.230 e. The van der Waals surface area contributed by atoms with Gasteiger partial charge in [-0.3, -0.25) is 4.90 Å². The summed E-state index contributed by atoms with van der Waals surface area (Å²) in [7, 11) is 2.05. The minimum absolute atomic E-state index is 0.231. The van der Waals surface area contributed by atoms with E-state index in [1.807, 2.05) is 20.8 Å². The Morgan fingerprint density at radius 1 is 1.20 bits per heavy atom. The number of hydrogen-bond donors (Lipinski definition) is 0. The second kappa shape index (κ2) is 6.01. The second-order valence-electron chi connectivity index (χ2n) is 5.45. The SMILES string of the molecule is Cc1nc(C(C)N(C)Cc2nnc(C(C)C)o2)c(C)s1. The lowest BCUT2D eigenvalue weighted by molar-refractivity contribution is 0.221. The predicted octanol–water partition coefficient (Wildman–Crippen LogP) is 3.46. The van der Waals surface area contributed by atoms with E-state index in [0.717, 1.165) is 10.7 Å². The van der Waals surface area contributed by atoms with Gasteiger partial charge in [-0.05, 0) is 27.8 Å². The van der Waals surface area contributed by atoms with E-state index < -0.39 is 0 Å². The Balaban J connectivity index is 2.07. The molecule has 5 nitrogen and oxygen atoms in total. The Hall–Kier alpha value is -1.27. The van der Waals surface area contributed by atoms with E-state index in [9.17, 15) is 0 Å². The quantitative estimate of drug-likeness (QED) is 0.845. The van der Waals surface area contributed by atoms with Crippen molar-refractivity contribution in [3.63, 3.8) is 0 Å². The molecule has 0 aromatic carbocycles. The zero-order valence-electron chi connectivity index (χ0n) is 13.0. The van der Waals surface area contributed by atoms with Gasteiger partial charge >= 0.3 is 0 Å². The molecule has 1 atom stereocenters. The molecule has 1 unspecified atom stereocenters. The Morgan fingerprint density at radius 2 is 1.90 bits per heavy atom. The van der Waals surface area contributed by atoms with Crippen molar-refractivity contribution in [3.05, 3.63) is 27.4 Å². The standard InChI is InChI=1S/C14H22N4OS/c1-8(2)14-17-16-12(19-14)7-18(6)9(3)13-10(4)20-11(5)15-13/h8-9H,7H2,1-6H3. The minimum atomic E-state index is 0.231. The van der Waals surface area contributed by atoms with Gasteiger partial charge in [-0.2, -0.15) is 0 Å². The monoisotopic (exact) mass is 294 g/mol. The van der Waals surface area contributed by atoms with E-state index >= 15 is 0 Å². The molecule has 0 radical (unpaired) electrons. The summed E-state index contributed by atoms with van der Waals surface area (Å²) in [6.45, 7) is 11.0. The summed E-state index contributed by atoms with van der Waals surface area (Å²) in [6.07, 6.45) is 0. The van der Waals surface area contributed by atoms with E-state index in [4.69, 9.17) is 4.42 Å². The van der Waals surface area contributed by atoms with Crippen molar-refractivity contribution in [1.82, 2.24) is 20.1 Å². The molecule has 0 spiro atoms. The third-order valence-electron chi connectivity index (χ3n) is 3.36. The van der Waals surface area contributed by atoms with Crippen LogP contribution in [0.4, 0.5) is 0 Å². The Kier molecular flexibility index (Phi) is 4.55. The highest BCUT2D eigenvalue weighted by Crippen LogP contribution is 2.27. The fraction of sp³-hybridized carbons (Fsp3) is 0.643. The molecule has 20 heavy (non-hydrogen) atoms. The molecule has 0 saturated carbocycles. The maximum Gasteiger partial charge on any atom is 0.230 e. The average Bonchev–Trinajstić information content (AvgIpc) is 2.95. The molecule has 6 heteroatoms. The first-order valence-electron chi connectivity index (χ1n) is 6.85. The molecule has 0 fully saturated rings. The van der Waals surface area contributed by atoms with Crippen molar-refractivity contribution in [3.8, 4) is 0 Å². The zero-order valence-corrected chi connectivity index (χ0v) is 13.8. The first kappa shape index (κ1) is 15.1. The topological polar surface area (TPSA) is 55.1 Å². The molecular weight excluding hydrogens is 272 g/mol. The van der Waals surface area contributed by atoms with Crippen LogP contribution in [-0.2, 0) is 6.54 Å². The molecular formula is C14H22N4OS. The van der Waals surface area contributed by atoms with E-state index in [2.05, 4.69) is 41.0 Å². The average molecular weight is 294 g/mol. The van der Waals surface area contributed by atoms with Gasteiger partial charge in [0, 0.05) is 10.8 Å². The number of rotatable bonds is 5. The molecule has 2 heterocycles. The fourth-order valence-electron chi connectivity index (χ4n) is 2.06. The molecule has 0 saturated heterocycles. The number of nitrogens with zero attached hydrogens (tertiary/aromatic N) is 4. The lowest BCUT2D eigenvalue weighted by atomic mass is 10.2. The van der Waals surface area contributed by atoms with Crippen molar-refractivity contribution < 1.29 is 4.42 Å². The number of hydrogen-bond acceptors (Lipinski definition) is 6. The summed E-state index contributed by atoms with van der Waals surface area (Å²) >= 11 is 1.74. The summed E-state index contributed by atoms with van der Waals surface area (Å²) in [4.78, 5) is 8.07. The molecule has 0 amide bonds. The van der Waals surface area contributed by atoms with Crippen molar-refractivity contribution in [2.75, 3.05) is 7.05 Å². The fourth-order valence-corrected chi connectivity index (χ4v) is 2.96. The Labute approximate surface area is 124 Å². The molecule has 110 valence electrons. The first-order chi connectivity index (χ1) is 9.38. The molecule has 2 rings (SSSR count). The molecule has 0 aliphatic heterocycles. The van der Waals surface area contributed by atoms with Crippen LogP contribution in [-0.4, -0.2) is 27.1 Å². The summed E-state index contributed by atoms with van der Waals surface area (Å²) in [5.41, 5.74) is 1.14. The highest BCUT2D eigenvalue weighted by Gasteiger charge is 2.20. The molecule has 0 bridgehead atoms. The maximum absolute atomic E-state index is 5.66. The number of thiazole rings is 1. The first-order valence-corrected chi connectivity index (χ1v) is 7.66. The van der Waals surface area contributed by atoms with Crippen molar-refractivity contribution >= 4 is 11.3 Å². The van der Waals surface area contributed by atoms with Crippen LogP contribution >= 0.6 is 11.3 Å². The van der Waals surface area contributed by atoms with Crippen LogP contribution in [0.5, 0.6) is 0 Å². The van der Waals surface area contributed by atoms with Gasteiger partial charge in [0.15, 0.2) is 0 Å². The summed E-state index contributed by atoms with van der Waals surface area (Å²) in [5, 5.41) is 9.28. The summed E-state index contributed by atoms with van der Waals surface area (Å²) < 4.78 is 5.66. The van der Waals surface area contributed by atoms with E-state index in [0.29, 0.717) is 18.3 Å². The lowest BCUT2D eigenvalue weighted by Crippen LogP contribution is -2.23. The van der Waals surface area contributed by atoms with Crippen LogP contribution in [0.25, 0.3) is 0 Å². The zero-order chi connectivity index (χ0) is 14.9. The highest BCUT2D eigenvalue weighted by atomic mass is 32.1. The number of aryl methyl sites for hydroxylation is 2. The van der Waals surface area contributed by atoms with Gasteiger partial charge in [-0.1, -0.05) is 13.8 Å². The van der Waals surface area contributed by atoms with Gasteiger partial charge in [0.05, 0.1) is 23.3 Å². The minimum Gasteiger partial charge on any atom is -0.424 e. The Morgan fingerprint density at radius 3 is 2.40 bits per heavy atom. The van der Waals surface area contributed by atoms with Crippen molar-refractivity contribution in [1.29, 1.82) is 0 Å². The molecule has 2 aromatic heterocycles. The Bertz CT molecular complexity index is 575. The van der Waals surface area contributed by atoms with Gasteiger partial charge in [-0.15, -0.1) is 21.5 Å². The van der Waals surface area contributed by atoms with Crippen molar-refractivity contribution in [2.24, 2.45) is 0 Å². The third-order valence-corrected chi connectivity index (χ3v) is 4.26. The van der Waals surface area contributed by atoms with Crippen LogP contribution < -0.4 is 0 Å². The van der Waals surface area contributed by atoms with Gasteiger partial charge in [-0.25, -0.2) is 4.98 Å². The van der Waals surface area contributed by atoms with E-state index in [-0.39, 0.29) is 12.0 Å². The highest BCUT2D eigenvalue weighted by molar-refractivity contribution is 7.11.